The summed E-state index contributed by atoms with van der Waals surface area (Å²) in [5.41, 5.74) is 0.950. The van der Waals surface area contributed by atoms with Crippen molar-refractivity contribution < 1.29 is 0 Å². The Bertz CT molecular complexity index is 1330. The minimum atomic E-state index is 0.204. The summed E-state index contributed by atoms with van der Waals surface area (Å²) in [5, 5.41) is 22.7. The third-order valence-electron chi connectivity index (χ3n) is 6.24. The van der Waals surface area contributed by atoms with Crippen LogP contribution in [0.25, 0.3) is 31.9 Å². The Kier molecular flexibility index (Phi) is 11.2. The topological polar surface area (TPSA) is 51.6 Å². The molecular formula is C26H26Cl6N4S2. The van der Waals surface area contributed by atoms with Gasteiger partial charge in [-0.15, -0.1) is 20.4 Å². The van der Waals surface area contributed by atoms with E-state index in [1.54, 1.807) is 0 Å². The van der Waals surface area contributed by atoms with Crippen molar-refractivity contribution >= 4 is 103 Å². The lowest BCUT2D eigenvalue weighted by atomic mass is 10.0. The number of halogens is 6. The van der Waals surface area contributed by atoms with Gasteiger partial charge >= 0.3 is 0 Å². The van der Waals surface area contributed by atoms with Crippen molar-refractivity contribution in [3.63, 3.8) is 0 Å². The van der Waals surface area contributed by atoms with Crippen LogP contribution in [0.1, 0.15) is 75.2 Å². The van der Waals surface area contributed by atoms with Gasteiger partial charge < -0.3 is 0 Å². The third-order valence-corrected chi connectivity index (χ3v) is 10.7. The number of aromatic nitrogens is 4. The summed E-state index contributed by atoms with van der Waals surface area (Å²) in [5.74, 6) is 0. The highest BCUT2D eigenvalue weighted by Crippen LogP contribution is 2.54. The first-order valence-corrected chi connectivity index (χ1v) is 16.5. The molecule has 0 unspecified atom stereocenters. The van der Waals surface area contributed by atoms with Crippen molar-refractivity contribution in [3.8, 4) is 21.1 Å². The number of hydrogen-bond donors (Lipinski definition) is 0. The molecule has 38 heavy (non-hydrogen) atoms. The van der Waals surface area contributed by atoms with Crippen LogP contribution in [0.4, 0.5) is 0 Å². The summed E-state index contributed by atoms with van der Waals surface area (Å²) in [4.78, 5) is 0. The van der Waals surface area contributed by atoms with Gasteiger partial charge in [0.05, 0.1) is 41.3 Å². The SMILES string of the molecule is CCCCCCc1nnc(-c2c(Cl)c(Cl)c3c(Cl)c(Cl)c(-c4nnc(CCCCCC)s4)c(Cl)c3c2Cl)s1. The fourth-order valence-electron chi connectivity index (χ4n) is 4.21. The number of fused-ring (bicyclic) bond motifs is 1. The Morgan fingerprint density at radius 2 is 0.868 bits per heavy atom. The highest BCUT2D eigenvalue weighted by molar-refractivity contribution is 7.15. The Balaban J connectivity index is 1.78. The van der Waals surface area contributed by atoms with Gasteiger partial charge in [-0.25, -0.2) is 0 Å². The minimum Gasteiger partial charge on any atom is -0.143 e. The molecule has 0 bridgehead atoms. The maximum Gasteiger partial charge on any atom is 0.150 e. The Morgan fingerprint density at radius 1 is 0.474 bits per heavy atom. The van der Waals surface area contributed by atoms with Crippen LogP contribution in [0.15, 0.2) is 0 Å². The first-order chi connectivity index (χ1) is 18.3. The highest BCUT2D eigenvalue weighted by atomic mass is 35.5. The molecule has 12 heteroatoms. The van der Waals surface area contributed by atoms with Crippen molar-refractivity contribution in [1.29, 1.82) is 0 Å². The first-order valence-electron chi connectivity index (χ1n) is 12.6. The Labute approximate surface area is 261 Å². The molecule has 0 saturated carbocycles. The van der Waals surface area contributed by atoms with E-state index in [4.69, 9.17) is 69.6 Å². The summed E-state index contributed by atoms with van der Waals surface area (Å²) in [6.07, 6.45) is 10.8. The summed E-state index contributed by atoms with van der Waals surface area (Å²) in [7, 11) is 0. The quantitative estimate of drug-likeness (QED) is 0.111. The van der Waals surface area contributed by atoms with Crippen molar-refractivity contribution in [3.05, 3.63) is 40.2 Å². The number of aryl methyl sites for hydroxylation is 2. The molecule has 0 radical (unpaired) electrons. The van der Waals surface area contributed by atoms with Crippen LogP contribution in [0.2, 0.25) is 30.1 Å². The van der Waals surface area contributed by atoms with Crippen LogP contribution in [0.5, 0.6) is 0 Å². The van der Waals surface area contributed by atoms with Crippen LogP contribution in [-0.4, -0.2) is 20.4 Å². The number of rotatable bonds is 12. The average molecular weight is 671 g/mol. The lowest BCUT2D eigenvalue weighted by Crippen LogP contribution is -1.92. The molecule has 0 N–H and O–H groups in total. The summed E-state index contributed by atoms with van der Waals surface area (Å²) in [6, 6.07) is 0. The molecule has 4 aromatic rings. The van der Waals surface area contributed by atoms with E-state index in [-0.39, 0.29) is 30.1 Å². The van der Waals surface area contributed by atoms with Gasteiger partial charge in [0.1, 0.15) is 10.0 Å². The molecule has 0 amide bonds. The van der Waals surface area contributed by atoms with E-state index in [9.17, 15) is 0 Å². The van der Waals surface area contributed by atoms with E-state index >= 15 is 0 Å². The molecule has 0 saturated heterocycles. The van der Waals surface area contributed by atoms with Gasteiger partial charge in [-0.3, -0.25) is 0 Å². The van der Waals surface area contributed by atoms with Crippen LogP contribution >= 0.6 is 92.3 Å². The molecule has 0 spiro atoms. The molecule has 0 aliphatic rings. The van der Waals surface area contributed by atoms with E-state index in [1.807, 2.05) is 0 Å². The number of benzene rings is 2. The van der Waals surface area contributed by atoms with Crippen LogP contribution in [-0.2, 0) is 12.8 Å². The maximum atomic E-state index is 6.98. The smallest absolute Gasteiger partial charge is 0.143 e. The van der Waals surface area contributed by atoms with E-state index in [0.717, 1.165) is 48.5 Å². The van der Waals surface area contributed by atoms with Gasteiger partial charge in [0.2, 0.25) is 0 Å². The molecule has 4 rings (SSSR count). The van der Waals surface area contributed by atoms with Gasteiger partial charge in [0.15, 0.2) is 10.0 Å². The van der Waals surface area contributed by atoms with E-state index in [2.05, 4.69) is 34.2 Å². The lowest BCUT2D eigenvalue weighted by Gasteiger charge is -2.17. The monoisotopic (exact) mass is 668 g/mol. The van der Waals surface area contributed by atoms with Crippen molar-refractivity contribution in [2.24, 2.45) is 0 Å². The molecule has 2 aromatic carbocycles. The standard InChI is InChI=1S/C26H26Cl6N4S2/c1-3-5-7-9-11-13-33-35-25(37-13)17-19(27)15-16(21(29)23(17)31)22(30)24(32)18(20(15)28)26-36-34-14(38-26)12-10-8-6-4-2/h3-12H2,1-2H3. The molecule has 4 nitrogen and oxygen atoms in total. The van der Waals surface area contributed by atoms with Crippen molar-refractivity contribution in [2.45, 2.75) is 78.1 Å². The molecule has 2 aromatic heterocycles. The van der Waals surface area contributed by atoms with E-state index in [0.29, 0.717) is 31.9 Å². The Morgan fingerprint density at radius 3 is 1.26 bits per heavy atom. The minimum absolute atomic E-state index is 0.204. The highest BCUT2D eigenvalue weighted by Gasteiger charge is 2.29. The largest absolute Gasteiger partial charge is 0.150 e. The Hall–Kier alpha value is -0.440. The summed E-state index contributed by atoms with van der Waals surface area (Å²) < 4.78 is 0. The molecular weight excluding hydrogens is 645 g/mol. The second-order valence-electron chi connectivity index (χ2n) is 9.01. The molecule has 0 atom stereocenters. The zero-order valence-corrected chi connectivity index (χ0v) is 27.1. The zero-order valence-electron chi connectivity index (χ0n) is 20.9. The van der Waals surface area contributed by atoms with Crippen LogP contribution in [0.3, 0.4) is 0 Å². The fourth-order valence-corrected chi connectivity index (χ4v) is 8.37. The second kappa shape index (κ2) is 14.0. The lowest BCUT2D eigenvalue weighted by molar-refractivity contribution is 0.663. The molecule has 0 fully saturated rings. The first kappa shape index (κ1) is 30.5. The van der Waals surface area contributed by atoms with E-state index in [1.165, 1.54) is 48.4 Å². The third kappa shape index (κ3) is 6.38. The second-order valence-corrected chi connectivity index (χ2v) is 13.4. The summed E-state index contributed by atoms with van der Waals surface area (Å²) in [6.45, 7) is 4.37. The van der Waals surface area contributed by atoms with E-state index < -0.39 is 0 Å². The van der Waals surface area contributed by atoms with Gasteiger partial charge in [0, 0.05) is 23.6 Å². The van der Waals surface area contributed by atoms with Crippen LogP contribution in [0, 0.1) is 0 Å². The molecule has 204 valence electrons. The number of unbranched alkanes of at least 4 members (excludes halogenated alkanes) is 6. The number of hydrogen-bond acceptors (Lipinski definition) is 6. The molecule has 0 aliphatic heterocycles. The van der Waals surface area contributed by atoms with Gasteiger partial charge in [-0.1, -0.05) is 145 Å². The normalized spacial score (nSPS) is 11.7. The van der Waals surface area contributed by atoms with Crippen LogP contribution < -0.4 is 0 Å². The predicted molar refractivity (Wildman–Crippen MR) is 168 cm³/mol. The number of nitrogens with zero attached hydrogens (tertiary/aromatic N) is 4. The summed E-state index contributed by atoms with van der Waals surface area (Å²) >= 11 is 43.8. The predicted octanol–water partition coefficient (Wildman–Crippen LogP) is 12.0. The van der Waals surface area contributed by atoms with Crippen molar-refractivity contribution in [2.75, 3.05) is 0 Å². The molecule has 2 heterocycles. The fraction of sp³-hybridized carbons (Fsp3) is 0.462. The van der Waals surface area contributed by atoms with Gasteiger partial charge in [0.25, 0.3) is 0 Å². The molecule has 0 aliphatic carbocycles. The average Bonchev–Trinajstić information content (AvgIpc) is 3.55. The van der Waals surface area contributed by atoms with Crippen molar-refractivity contribution in [1.82, 2.24) is 20.4 Å². The maximum absolute atomic E-state index is 6.98. The zero-order chi connectivity index (χ0) is 27.4. The van der Waals surface area contributed by atoms with Gasteiger partial charge in [-0.05, 0) is 12.8 Å². The van der Waals surface area contributed by atoms with Gasteiger partial charge in [-0.2, -0.15) is 0 Å².